The highest BCUT2D eigenvalue weighted by Gasteiger charge is 2.51. The molecule has 1 heterocycles. The van der Waals surface area contributed by atoms with E-state index in [2.05, 4.69) is 56.0 Å². The summed E-state index contributed by atoms with van der Waals surface area (Å²) in [4.78, 5) is 2.59. The average Bonchev–Trinajstić information content (AvgIpc) is 3.08. The first kappa shape index (κ1) is 13.1. The first-order valence-corrected chi connectivity index (χ1v) is 7.41. The van der Waals surface area contributed by atoms with E-state index in [4.69, 9.17) is 4.74 Å². The third-order valence-electron chi connectivity index (χ3n) is 4.35. The van der Waals surface area contributed by atoms with Crippen LogP contribution in [-0.2, 0) is 11.3 Å². The monoisotopic (exact) mass is 259 g/mol. The van der Waals surface area contributed by atoms with Crippen LogP contribution in [0.4, 0.5) is 0 Å². The fourth-order valence-corrected chi connectivity index (χ4v) is 2.91. The van der Waals surface area contributed by atoms with E-state index in [1.807, 2.05) is 0 Å². The topological polar surface area (TPSA) is 12.5 Å². The molecule has 1 saturated carbocycles. The van der Waals surface area contributed by atoms with Crippen molar-refractivity contribution in [1.82, 2.24) is 4.90 Å². The van der Waals surface area contributed by atoms with Crippen LogP contribution in [0.25, 0.3) is 0 Å². The molecule has 1 atom stereocenters. The summed E-state index contributed by atoms with van der Waals surface area (Å²) in [5.41, 5.74) is 1.82. The third kappa shape index (κ3) is 3.01. The van der Waals surface area contributed by atoms with Crippen LogP contribution in [-0.4, -0.2) is 29.7 Å². The average molecular weight is 259 g/mol. The lowest BCUT2D eigenvalue weighted by atomic mass is 9.87. The molecule has 1 aliphatic carbocycles. The van der Waals surface area contributed by atoms with Crippen molar-refractivity contribution in [2.45, 2.75) is 51.9 Å². The van der Waals surface area contributed by atoms with Crippen molar-refractivity contribution < 1.29 is 4.74 Å². The van der Waals surface area contributed by atoms with Crippen molar-refractivity contribution in [3.63, 3.8) is 0 Å². The Balaban J connectivity index is 1.71. The molecular weight excluding hydrogens is 234 g/mol. The van der Waals surface area contributed by atoms with E-state index in [1.165, 1.54) is 18.4 Å². The van der Waals surface area contributed by atoms with Crippen LogP contribution in [0.5, 0.6) is 0 Å². The highest BCUT2D eigenvalue weighted by Crippen LogP contribution is 2.46. The molecule has 2 aliphatic rings. The maximum absolute atomic E-state index is 6.38. The van der Waals surface area contributed by atoms with E-state index >= 15 is 0 Å². The zero-order valence-corrected chi connectivity index (χ0v) is 12.4. The van der Waals surface area contributed by atoms with Gasteiger partial charge in [-0.3, -0.25) is 4.90 Å². The van der Waals surface area contributed by atoms with Gasteiger partial charge in [-0.1, -0.05) is 51.1 Å². The van der Waals surface area contributed by atoms with Crippen molar-refractivity contribution in [3.8, 4) is 0 Å². The number of nitrogens with zero attached hydrogens (tertiary/aromatic N) is 1. The van der Waals surface area contributed by atoms with Crippen LogP contribution in [0, 0.1) is 5.41 Å². The van der Waals surface area contributed by atoms with Crippen molar-refractivity contribution in [2.75, 3.05) is 13.1 Å². The van der Waals surface area contributed by atoms with E-state index in [0.717, 1.165) is 19.6 Å². The Morgan fingerprint density at radius 1 is 1.21 bits per heavy atom. The Hall–Kier alpha value is -0.860. The molecule has 19 heavy (non-hydrogen) atoms. The molecule has 0 aromatic heterocycles. The molecule has 1 aromatic rings. The van der Waals surface area contributed by atoms with E-state index in [0.29, 0.717) is 6.10 Å². The summed E-state index contributed by atoms with van der Waals surface area (Å²) in [6.45, 7) is 10.1. The van der Waals surface area contributed by atoms with Gasteiger partial charge in [-0.2, -0.15) is 0 Å². The maximum Gasteiger partial charge on any atom is 0.0815 e. The van der Waals surface area contributed by atoms with Gasteiger partial charge in [0.05, 0.1) is 11.7 Å². The standard InChI is InChI=1S/C17H25NO/c1-16(2,3)15-12-18(13-17(19-15)9-10-17)11-14-7-5-4-6-8-14/h4-8,15H,9-13H2,1-3H3/t15-/m1/s1. The van der Waals surface area contributed by atoms with Gasteiger partial charge in [-0.25, -0.2) is 0 Å². The summed E-state index contributed by atoms with van der Waals surface area (Å²) in [6, 6.07) is 10.8. The minimum Gasteiger partial charge on any atom is -0.369 e. The second-order valence-electron chi connectivity index (χ2n) is 7.31. The zero-order valence-electron chi connectivity index (χ0n) is 12.4. The van der Waals surface area contributed by atoms with Gasteiger partial charge in [-0.15, -0.1) is 0 Å². The molecule has 0 amide bonds. The molecule has 2 nitrogen and oxygen atoms in total. The number of rotatable bonds is 2. The maximum atomic E-state index is 6.38. The first-order chi connectivity index (χ1) is 8.97. The normalized spacial score (nSPS) is 26.6. The van der Waals surface area contributed by atoms with Gasteiger partial charge in [0.2, 0.25) is 0 Å². The van der Waals surface area contributed by atoms with Crippen LogP contribution < -0.4 is 0 Å². The first-order valence-electron chi connectivity index (χ1n) is 7.41. The molecule has 0 unspecified atom stereocenters. The number of benzene rings is 1. The van der Waals surface area contributed by atoms with Crippen molar-refractivity contribution in [1.29, 1.82) is 0 Å². The quantitative estimate of drug-likeness (QED) is 0.806. The number of hydrogen-bond acceptors (Lipinski definition) is 2. The molecule has 104 valence electrons. The Labute approximate surface area is 116 Å². The largest absolute Gasteiger partial charge is 0.369 e. The number of morpholine rings is 1. The molecule has 0 N–H and O–H groups in total. The predicted octanol–water partition coefficient (Wildman–Crippen LogP) is 3.47. The van der Waals surface area contributed by atoms with Gasteiger partial charge in [-0.05, 0) is 23.8 Å². The summed E-state index contributed by atoms with van der Waals surface area (Å²) in [5, 5.41) is 0. The molecule has 2 heteroatoms. The molecular formula is C17H25NO. The second kappa shape index (κ2) is 4.60. The van der Waals surface area contributed by atoms with Crippen molar-refractivity contribution in [3.05, 3.63) is 35.9 Å². The molecule has 1 aromatic carbocycles. The fraction of sp³-hybridized carbons (Fsp3) is 0.647. The van der Waals surface area contributed by atoms with Crippen LogP contribution in [0.1, 0.15) is 39.2 Å². The summed E-state index contributed by atoms with van der Waals surface area (Å²) < 4.78 is 6.38. The molecule has 1 aliphatic heterocycles. The molecule has 1 spiro atoms. The Bertz CT molecular complexity index is 430. The van der Waals surface area contributed by atoms with Crippen molar-refractivity contribution in [2.24, 2.45) is 5.41 Å². The van der Waals surface area contributed by atoms with Gasteiger partial charge < -0.3 is 4.74 Å². The Kier molecular flexibility index (Phi) is 3.18. The van der Waals surface area contributed by atoms with Crippen LogP contribution in [0.3, 0.4) is 0 Å². The SMILES string of the molecule is CC(C)(C)[C@H]1CN(Cc2ccccc2)CC2(CC2)O1. The van der Waals surface area contributed by atoms with E-state index in [-0.39, 0.29) is 11.0 Å². The summed E-state index contributed by atoms with van der Waals surface area (Å²) >= 11 is 0. The van der Waals surface area contributed by atoms with Crippen LogP contribution in [0.2, 0.25) is 0 Å². The minimum absolute atomic E-state index is 0.185. The smallest absolute Gasteiger partial charge is 0.0815 e. The number of hydrogen-bond donors (Lipinski definition) is 0. The lowest BCUT2D eigenvalue weighted by Gasteiger charge is -2.44. The molecule has 0 bridgehead atoms. The van der Waals surface area contributed by atoms with E-state index in [9.17, 15) is 0 Å². The summed E-state index contributed by atoms with van der Waals surface area (Å²) in [6.07, 6.45) is 2.84. The summed E-state index contributed by atoms with van der Waals surface area (Å²) in [7, 11) is 0. The molecule has 3 rings (SSSR count). The minimum atomic E-state index is 0.185. The van der Waals surface area contributed by atoms with Gasteiger partial charge in [0.25, 0.3) is 0 Å². The Morgan fingerprint density at radius 3 is 2.47 bits per heavy atom. The molecule has 0 radical (unpaired) electrons. The van der Waals surface area contributed by atoms with Gasteiger partial charge in [0.15, 0.2) is 0 Å². The second-order valence-corrected chi connectivity index (χ2v) is 7.31. The summed E-state index contributed by atoms with van der Waals surface area (Å²) in [5.74, 6) is 0. The van der Waals surface area contributed by atoms with Crippen LogP contribution >= 0.6 is 0 Å². The molecule has 1 saturated heterocycles. The van der Waals surface area contributed by atoms with Gasteiger partial charge in [0.1, 0.15) is 0 Å². The van der Waals surface area contributed by atoms with Crippen LogP contribution in [0.15, 0.2) is 30.3 Å². The Morgan fingerprint density at radius 2 is 1.89 bits per heavy atom. The lowest BCUT2D eigenvalue weighted by molar-refractivity contribution is -0.142. The highest BCUT2D eigenvalue weighted by molar-refractivity contribution is 5.15. The van der Waals surface area contributed by atoms with E-state index in [1.54, 1.807) is 0 Å². The third-order valence-corrected chi connectivity index (χ3v) is 4.35. The fourth-order valence-electron chi connectivity index (χ4n) is 2.91. The molecule has 2 fully saturated rings. The van der Waals surface area contributed by atoms with Crippen molar-refractivity contribution >= 4 is 0 Å². The highest BCUT2D eigenvalue weighted by atomic mass is 16.5. The van der Waals surface area contributed by atoms with Gasteiger partial charge in [0, 0.05) is 19.6 Å². The lowest BCUT2D eigenvalue weighted by Crippen LogP contribution is -2.52. The zero-order chi connectivity index (χ0) is 13.5. The predicted molar refractivity (Wildman–Crippen MR) is 78.0 cm³/mol. The van der Waals surface area contributed by atoms with Gasteiger partial charge >= 0.3 is 0 Å². The van der Waals surface area contributed by atoms with E-state index < -0.39 is 0 Å². The number of ether oxygens (including phenoxy) is 1.